The van der Waals surface area contributed by atoms with E-state index in [1.807, 2.05) is 0 Å². The van der Waals surface area contributed by atoms with Crippen LogP contribution in [-0.4, -0.2) is 70.7 Å². The third kappa shape index (κ3) is 3.61. The molecule has 2 aliphatic rings. The van der Waals surface area contributed by atoms with Crippen molar-refractivity contribution in [2.24, 2.45) is 0 Å². The first kappa shape index (κ1) is 19.2. The van der Waals surface area contributed by atoms with Gasteiger partial charge in [-0.1, -0.05) is 18.2 Å². The molecular weight excluding hydrogens is 388 g/mol. The highest BCUT2D eigenvalue weighted by atomic mass is 32.2. The maximum Gasteiger partial charge on any atom is 0.331 e. The number of hydrogen-bond donors (Lipinski definition) is 1. The van der Waals surface area contributed by atoms with Crippen molar-refractivity contribution >= 4 is 26.9 Å². The summed E-state index contributed by atoms with van der Waals surface area (Å²) in [5, 5.41) is 0.735. The zero-order chi connectivity index (χ0) is 19.7. The first-order valence-corrected chi connectivity index (χ1v) is 10.3. The van der Waals surface area contributed by atoms with Crippen LogP contribution in [0.15, 0.2) is 41.4 Å². The molecule has 0 amide bonds. The van der Waals surface area contributed by atoms with Gasteiger partial charge < -0.3 is 18.9 Å². The molecule has 1 N–H and O–H groups in total. The second-order valence-corrected chi connectivity index (χ2v) is 8.26. The summed E-state index contributed by atoms with van der Waals surface area (Å²) < 4.78 is 50.0. The number of carbonyl (C=O) groups is 1. The van der Waals surface area contributed by atoms with Crippen LogP contribution in [0.3, 0.4) is 0 Å². The minimum absolute atomic E-state index is 0.102. The monoisotopic (exact) mass is 408 g/mol. The van der Waals surface area contributed by atoms with Gasteiger partial charge in [-0.3, -0.25) is 4.98 Å². The van der Waals surface area contributed by atoms with Crippen LogP contribution in [0.1, 0.15) is 0 Å². The van der Waals surface area contributed by atoms with E-state index in [0.29, 0.717) is 5.52 Å². The second-order valence-electron chi connectivity index (χ2n) is 6.58. The van der Waals surface area contributed by atoms with E-state index in [2.05, 4.69) is 14.4 Å². The molecule has 2 aliphatic heterocycles. The molecule has 0 aliphatic carbocycles. The Hall–Kier alpha value is -2.11. The van der Waals surface area contributed by atoms with Gasteiger partial charge in [0, 0.05) is 11.6 Å². The molecule has 0 bridgehead atoms. The molecule has 1 aromatic carbocycles. The van der Waals surface area contributed by atoms with Crippen LogP contribution < -0.4 is 4.72 Å². The molecule has 2 fully saturated rings. The Morgan fingerprint density at radius 1 is 1.21 bits per heavy atom. The number of fused-ring (bicyclic) bond motifs is 2. The highest BCUT2D eigenvalue weighted by molar-refractivity contribution is 7.89. The lowest BCUT2D eigenvalue weighted by Gasteiger charge is -2.18. The number of sulfonamides is 1. The Kier molecular flexibility index (Phi) is 5.30. The average Bonchev–Trinajstić information content (AvgIpc) is 3.28. The molecular formula is C18H20N2O7S. The van der Waals surface area contributed by atoms with Crippen LogP contribution in [-0.2, 0) is 33.8 Å². The van der Waals surface area contributed by atoms with Crippen LogP contribution in [0.4, 0.5) is 0 Å². The molecule has 4 rings (SSSR count). The summed E-state index contributed by atoms with van der Waals surface area (Å²) >= 11 is 0. The largest absolute Gasteiger partial charge is 0.467 e. The maximum atomic E-state index is 13.0. The fourth-order valence-electron chi connectivity index (χ4n) is 3.50. The summed E-state index contributed by atoms with van der Waals surface area (Å²) in [6.45, 7) is 0.139. The molecule has 9 nitrogen and oxygen atoms in total. The van der Waals surface area contributed by atoms with Crippen LogP contribution in [0.2, 0.25) is 0 Å². The number of para-hydroxylation sites is 1. The summed E-state index contributed by atoms with van der Waals surface area (Å²) in [4.78, 5) is 15.6. The normalized spacial score (nSPS) is 27.0. The Morgan fingerprint density at radius 3 is 2.82 bits per heavy atom. The molecule has 0 radical (unpaired) electrons. The third-order valence-electron chi connectivity index (χ3n) is 4.84. The predicted octanol–water partition coefficient (Wildman–Crippen LogP) is 0.238. The van der Waals surface area contributed by atoms with Gasteiger partial charge in [0.1, 0.15) is 29.8 Å². The fraction of sp³-hybridized carbons (Fsp3) is 0.444. The van der Waals surface area contributed by atoms with Gasteiger partial charge in [0.05, 0.1) is 31.9 Å². The van der Waals surface area contributed by atoms with Crippen LogP contribution in [0.5, 0.6) is 0 Å². The van der Waals surface area contributed by atoms with Crippen molar-refractivity contribution in [1.29, 1.82) is 0 Å². The van der Waals surface area contributed by atoms with Crippen LogP contribution >= 0.6 is 0 Å². The lowest BCUT2D eigenvalue weighted by molar-refractivity contribution is -0.150. The van der Waals surface area contributed by atoms with Gasteiger partial charge in [-0.15, -0.1) is 0 Å². The lowest BCUT2D eigenvalue weighted by atomic mass is 10.1. The molecule has 150 valence electrons. The molecule has 2 saturated heterocycles. The first-order chi connectivity index (χ1) is 13.5. The molecule has 28 heavy (non-hydrogen) atoms. The van der Waals surface area contributed by atoms with Gasteiger partial charge in [0.25, 0.3) is 0 Å². The number of rotatable bonds is 6. The van der Waals surface area contributed by atoms with E-state index in [-0.39, 0.29) is 24.7 Å². The number of carbonyl (C=O) groups excluding carboxylic acids is 1. The van der Waals surface area contributed by atoms with Crippen molar-refractivity contribution in [3.63, 3.8) is 0 Å². The van der Waals surface area contributed by atoms with Crippen molar-refractivity contribution in [2.75, 3.05) is 26.9 Å². The van der Waals surface area contributed by atoms with Crippen LogP contribution in [0.25, 0.3) is 10.9 Å². The van der Waals surface area contributed by atoms with Crippen molar-refractivity contribution in [3.05, 3.63) is 36.5 Å². The zero-order valence-corrected chi connectivity index (χ0v) is 15.9. The number of nitrogens with zero attached hydrogens (tertiary/aromatic N) is 1. The zero-order valence-electron chi connectivity index (χ0n) is 15.1. The van der Waals surface area contributed by atoms with E-state index in [0.717, 1.165) is 5.39 Å². The Morgan fingerprint density at radius 2 is 2.00 bits per heavy atom. The Balaban J connectivity index is 1.48. The quantitative estimate of drug-likeness (QED) is 0.677. The highest BCUT2D eigenvalue weighted by Crippen LogP contribution is 2.30. The number of pyridine rings is 1. The van der Waals surface area contributed by atoms with E-state index in [9.17, 15) is 13.2 Å². The van der Waals surface area contributed by atoms with E-state index in [1.165, 1.54) is 13.2 Å². The van der Waals surface area contributed by atoms with Gasteiger partial charge >= 0.3 is 5.97 Å². The number of ether oxygens (including phenoxy) is 4. The molecule has 1 aromatic heterocycles. The summed E-state index contributed by atoms with van der Waals surface area (Å²) in [7, 11) is -2.57. The standard InChI is InChI=1S/C18H20N2O7S/c1-24-15(21)10-25-13-9-27-17-12(8-26-18(13)17)20-28(22,23)14-6-2-4-11-5-3-7-19-16(11)14/h2-7,12-13,17-18,20H,8-10H2,1H3. The fourth-order valence-corrected chi connectivity index (χ4v) is 4.91. The molecule has 0 spiro atoms. The molecule has 4 atom stereocenters. The molecule has 10 heteroatoms. The van der Waals surface area contributed by atoms with Gasteiger partial charge in [0.2, 0.25) is 10.0 Å². The number of nitrogens with one attached hydrogen (secondary N) is 1. The highest BCUT2D eigenvalue weighted by Gasteiger charge is 2.49. The smallest absolute Gasteiger partial charge is 0.331 e. The number of methoxy groups -OCH3 is 1. The number of esters is 1. The summed E-state index contributed by atoms with van der Waals surface area (Å²) in [6, 6.07) is 7.99. The van der Waals surface area contributed by atoms with E-state index < -0.39 is 40.3 Å². The average molecular weight is 408 g/mol. The summed E-state index contributed by atoms with van der Waals surface area (Å²) in [6.07, 6.45) is 0.139. The molecule has 4 unspecified atom stereocenters. The first-order valence-electron chi connectivity index (χ1n) is 8.77. The Bertz CT molecular complexity index is 976. The van der Waals surface area contributed by atoms with Gasteiger partial charge in [0.15, 0.2) is 0 Å². The van der Waals surface area contributed by atoms with E-state index in [4.69, 9.17) is 14.2 Å². The topological polar surface area (TPSA) is 113 Å². The van der Waals surface area contributed by atoms with Gasteiger partial charge in [-0.25, -0.2) is 17.9 Å². The molecule has 2 aromatic rings. The Labute approximate surface area is 162 Å². The molecule has 3 heterocycles. The number of hydrogen-bond acceptors (Lipinski definition) is 8. The van der Waals surface area contributed by atoms with Crippen LogP contribution in [0, 0.1) is 0 Å². The van der Waals surface area contributed by atoms with Crippen molar-refractivity contribution in [2.45, 2.75) is 29.2 Å². The maximum absolute atomic E-state index is 13.0. The summed E-state index contributed by atoms with van der Waals surface area (Å²) in [5.74, 6) is -0.498. The summed E-state index contributed by atoms with van der Waals surface area (Å²) in [5.41, 5.74) is 0.402. The molecule has 0 saturated carbocycles. The SMILES string of the molecule is COC(=O)COC1COC2C(NS(=O)(=O)c3cccc4cccnc34)COC12. The number of aromatic nitrogens is 1. The van der Waals surface area contributed by atoms with Crippen molar-refractivity contribution in [1.82, 2.24) is 9.71 Å². The van der Waals surface area contributed by atoms with Crippen molar-refractivity contribution < 1.29 is 32.2 Å². The van der Waals surface area contributed by atoms with Gasteiger partial charge in [-0.05, 0) is 12.1 Å². The lowest BCUT2D eigenvalue weighted by Crippen LogP contribution is -2.44. The minimum Gasteiger partial charge on any atom is -0.467 e. The number of benzene rings is 1. The van der Waals surface area contributed by atoms with E-state index in [1.54, 1.807) is 30.5 Å². The minimum atomic E-state index is -3.84. The van der Waals surface area contributed by atoms with Crippen molar-refractivity contribution in [3.8, 4) is 0 Å². The third-order valence-corrected chi connectivity index (χ3v) is 6.36. The van der Waals surface area contributed by atoms with E-state index >= 15 is 0 Å². The second kappa shape index (κ2) is 7.72. The van der Waals surface area contributed by atoms with Gasteiger partial charge in [-0.2, -0.15) is 0 Å². The predicted molar refractivity (Wildman–Crippen MR) is 97.1 cm³/mol.